The summed E-state index contributed by atoms with van der Waals surface area (Å²) in [5, 5.41) is 8.14. The summed E-state index contributed by atoms with van der Waals surface area (Å²) in [6.45, 7) is 2.61. The Kier molecular flexibility index (Phi) is 4.43. The molecule has 0 radical (unpaired) electrons. The van der Waals surface area contributed by atoms with Crippen LogP contribution in [0.4, 0.5) is 0 Å². The first-order chi connectivity index (χ1) is 9.13. The van der Waals surface area contributed by atoms with Crippen LogP contribution in [0, 0.1) is 0 Å². The van der Waals surface area contributed by atoms with Crippen LogP contribution in [0.5, 0.6) is 0 Å². The third-order valence-corrected chi connectivity index (χ3v) is 3.69. The first kappa shape index (κ1) is 13.9. The minimum Gasteiger partial charge on any atom is -0.351 e. The molecule has 1 unspecified atom stereocenters. The third-order valence-electron chi connectivity index (χ3n) is 3.16. The summed E-state index contributed by atoms with van der Waals surface area (Å²) < 4.78 is 1.72. The summed E-state index contributed by atoms with van der Waals surface area (Å²) >= 11 is 6.02. The van der Waals surface area contributed by atoms with E-state index in [1.54, 1.807) is 4.68 Å². The molecule has 0 bridgehead atoms. The van der Waals surface area contributed by atoms with Crippen molar-refractivity contribution >= 4 is 28.4 Å². The van der Waals surface area contributed by atoms with Crippen LogP contribution in [0.2, 0.25) is 0 Å². The zero-order chi connectivity index (χ0) is 13.8. The molecule has 0 saturated carbocycles. The number of aryl methyl sites for hydroxylation is 1. The van der Waals surface area contributed by atoms with Crippen molar-refractivity contribution in [3.63, 3.8) is 0 Å². The molecule has 2 aromatic rings. The van der Waals surface area contributed by atoms with E-state index in [1.807, 2.05) is 38.2 Å². The largest absolute Gasteiger partial charge is 0.351 e. The van der Waals surface area contributed by atoms with Gasteiger partial charge in [-0.25, -0.2) is 0 Å². The average molecular weight is 280 g/mol. The molecule has 0 spiro atoms. The number of aromatic nitrogens is 2. The fraction of sp³-hybridized carbons (Fsp3) is 0.429. The number of halogens is 1. The maximum atomic E-state index is 12.1. The summed E-state index contributed by atoms with van der Waals surface area (Å²) in [7, 11) is 1.84. The Labute approximate surface area is 117 Å². The van der Waals surface area contributed by atoms with E-state index in [2.05, 4.69) is 10.4 Å². The highest BCUT2D eigenvalue weighted by Gasteiger charge is 2.15. The van der Waals surface area contributed by atoms with Gasteiger partial charge in [0.1, 0.15) is 0 Å². The summed E-state index contributed by atoms with van der Waals surface area (Å²) in [4.78, 5) is 12.1. The van der Waals surface area contributed by atoms with Gasteiger partial charge in [0.05, 0.1) is 5.52 Å². The van der Waals surface area contributed by atoms with E-state index in [4.69, 9.17) is 11.6 Å². The van der Waals surface area contributed by atoms with Crippen molar-refractivity contribution in [1.82, 2.24) is 15.1 Å². The Hall–Kier alpha value is -1.55. The Morgan fingerprint density at radius 1 is 1.47 bits per heavy atom. The fourth-order valence-electron chi connectivity index (χ4n) is 2.01. The number of alkyl halides is 1. The molecule has 1 atom stereocenters. The quantitative estimate of drug-likeness (QED) is 0.856. The second-order valence-electron chi connectivity index (χ2n) is 4.54. The van der Waals surface area contributed by atoms with Gasteiger partial charge in [0.15, 0.2) is 5.69 Å². The zero-order valence-corrected chi connectivity index (χ0v) is 11.9. The average Bonchev–Trinajstić information content (AvgIpc) is 2.76. The lowest BCUT2D eigenvalue weighted by atomic mass is 10.2. The summed E-state index contributed by atoms with van der Waals surface area (Å²) in [6.07, 6.45) is 1.68. The molecule has 5 heteroatoms. The monoisotopic (exact) mass is 279 g/mol. The van der Waals surface area contributed by atoms with E-state index in [9.17, 15) is 4.79 Å². The number of para-hydroxylation sites is 1. The Morgan fingerprint density at radius 2 is 2.21 bits per heavy atom. The lowest BCUT2D eigenvalue weighted by Crippen LogP contribution is -2.26. The van der Waals surface area contributed by atoms with Crippen LogP contribution in [0.15, 0.2) is 24.3 Å². The van der Waals surface area contributed by atoms with Gasteiger partial charge >= 0.3 is 0 Å². The minimum absolute atomic E-state index is 0.112. The summed E-state index contributed by atoms with van der Waals surface area (Å²) in [6, 6.07) is 7.70. The molecule has 102 valence electrons. The standard InChI is InChI=1S/C14H18ClN3O/c1-3-10(15)8-9-16-14(19)13-11-6-4-5-7-12(11)18(2)17-13/h4-7,10H,3,8-9H2,1-2H3,(H,16,19). The predicted octanol–water partition coefficient (Wildman–Crippen LogP) is 2.71. The number of amides is 1. The summed E-state index contributed by atoms with van der Waals surface area (Å²) in [5.41, 5.74) is 1.43. The Bertz CT molecular complexity index is 579. The second kappa shape index (κ2) is 6.06. The van der Waals surface area contributed by atoms with E-state index in [-0.39, 0.29) is 11.3 Å². The van der Waals surface area contributed by atoms with Crippen molar-refractivity contribution in [2.45, 2.75) is 25.1 Å². The molecule has 0 aliphatic heterocycles. The minimum atomic E-state index is -0.142. The number of carbonyl (C=O) groups excluding carboxylic acids is 1. The summed E-state index contributed by atoms with van der Waals surface area (Å²) in [5.74, 6) is -0.142. The van der Waals surface area contributed by atoms with Crippen molar-refractivity contribution in [1.29, 1.82) is 0 Å². The number of hydrogen-bond acceptors (Lipinski definition) is 2. The Morgan fingerprint density at radius 3 is 2.95 bits per heavy atom. The highest BCUT2D eigenvalue weighted by Crippen LogP contribution is 2.17. The van der Waals surface area contributed by atoms with Crippen molar-refractivity contribution < 1.29 is 4.79 Å². The first-order valence-corrected chi connectivity index (χ1v) is 6.91. The zero-order valence-electron chi connectivity index (χ0n) is 11.2. The van der Waals surface area contributed by atoms with Crippen LogP contribution in [-0.4, -0.2) is 27.6 Å². The van der Waals surface area contributed by atoms with Crippen LogP contribution in [0.25, 0.3) is 10.9 Å². The van der Waals surface area contributed by atoms with Gasteiger partial charge in [-0.05, 0) is 18.9 Å². The van der Waals surface area contributed by atoms with Gasteiger partial charge in [0.25, 0.3) is 5.91 Å². The van der Waals surface area contributed by atoms with E-state index < -0.39 is 0 Å². The van der Waals surface area contributed by atoms with Gasteiger partial charge in [-0.1, -0.05) is 25.1 Å². The topological polar surface area (TPSA) is 46.9 Å². The van der Waals surface area contributed by atoms with Crippen molar-refractivity contribution in [2.24, 2.45) is 7.05 Å². The molecule has 4 nitrogen and oxygen atoms in total. The highest BCUT2D eigenvalue weighted by atomic mass is 35.5. The van der Waals surface area contributed by atoms with E-state index >= 15 is 0 Å². The van der Waals surface area contributed by atoms with Crippen LogP contribution in [0.3, 0.4) is 0 Å². The number of nitrogens with one attached hydrogen (secondary N) is 1. The van der Waals surface area contributed by atoms with E-state index in [0.717, 1.165) is 23.7 Å². The molecule has 19 heavy (non-hydrogen) atoms. The molecule has 1 amide bonds. The third kappa shape index (κ3) is 3.07. The number of rotatable bonds is 5. The van der Waals surface area contributed by atoms with Gasteiger partial charge < -0.3 is 5.32 Å². The number of fused-ring (bicyclic) bond motifs is 1. The van der Waals surface area contributed by atoms with Crippen LogP contribution in [-0.2, 0) is 7.05 Å². The molecular formula is C14H18ClN3O. The van der Waals surface area contributed by atoms with Crippen molar-refractivity contribution in [3.05, 3.63) is 30.0 Å². The van der Waals surface area contributed by atoms with Gasteiger partial charge in [-0.15, -0.1) is 11.6 Å². The maximum absolute atomic E-state index is 12.1. The van der Waals surface area contributed by atoms with Gasteiger partial charge in [-0.2, -0.15) is 5.10 Å². The van der Waals surface area contributed by atoms with E-state index in [0.29, 0.717) is 12.2 Å². The highest BCUT2D eigenvalue weighted by molar-refractivity contribution is 6.20. The fourth-order valence-corrected chi connectivity index (χ4v) is 2.12. The molecule has 0 aliphatic rings. The van der Waals surface area contributed by atoms with Crippen molar-refractivity contribution in [3.8, 4) is 0 Å². The SMILES string of the molecule is CCC(Cl)CCNC(=O)c1nn(C)c2ccccc12. The number of hydrogen-bond donors (Lipinski definition) is 1. The lowest BCUT2D eigenvalue weighted by Gasteiger charge is -2.06. The molecule has 0 saturated heterocycles. The lowest BCUT2D eigenvalue weighted by molar-refractivity contribution is 0.0949. The maximum Gasteiger partial charge on any atom is 0.272 e. The predicted molar refractivity (Wildman–Crippen MR) is 77.6 cm³/mol. The van der Waals surface area contributed by atoms with Gasteiger partial charge in [-0.3, -0.25) is 9.48 Å². The molecule has 1 aromatic heterocycles. The second-order valence-corrected chi connectivity index (χ2v) is 5.16. The van der Waals surface area contributed by atoms with Crippen molar-refractivity contribution in [2.75, 3.05) is 6.54 Å². The molecular weight excluding hydrogens is 262 g/mol. The van der Waals surface area contributed by atoms with Crippen LogP contribution >= 0.6 is 11.6 Å². The van der Waals surface area contributed by atoms with Crippen LogP contribution in [0.1, 0.15) is 30.3 Å². The smallest absolute Gasteiger partial charge is 0.272 e. The molecule has 2 rings (SSSR count). The van der Waals surface area contributed by atoms with Gasteiger partial charge in [0, 0.05) is 24.4 Å². The van der Waals surface area contributed by atoms with Gasteiger partial charge in [0.2, 0.25) is 0 Å². The molecule has 0 aliphatic carbocycles. The molecule has 1 N–H and O–H groups in total. The number of carbonyl (C=O) groups is 1. The normalized spacial score (nSPS) is 12.6. The Balaban J connectivity index is 2.09. The van der Waals surface area contributed by atoms with Crippen LogP contribution < -0.4 is 5.32 Å². The van der Waals surface area contributed by atoms with E-state index in [1.165, 1.54) is 0 Å². The molecule has 0 fully saturated rings. The molecule has 1 aromatic carbocycles. The number of benzene rings is 1. The number of nitrogens with zero attached hydrogens (tertiary/aromatic N) is 2. The first-order valence-electron chi connectivity index (χ1n) is 6.47. The molecule has 1 heterocycles.